The average molecular weight is 238 g/mol. The molecule has 2 nitrogen and oxygen atoms in total. The van der Waals surface area contributed by atoms with Crippen molar-refractivity contribution < 1.29 is 0 Å². The fourth-order valence-electron chi connectivity index (χ4n) is 1.46. The molecule has 0 spiro atoms. The van der Waals surface area contributed by atoms with Gasteiger partial charge in [0.25, 0.3) is 0 Å². The first-order chi connectivity index (χ1) is 7.72. The highest BCUT2D eigenvalue weighted by atomic mass is 32.2. The van der Waals surface area contributed by atoms with E-state index in [1.54, 1.807) is 0 Å². The third-order valence-electron chi connectivity index (χ3n) is 2.52. The predicted octanol–water partition coefficient (Wildman–Crippen LogP) is 3.05. The zero-order chi connectivity index (χ0) is 11.8. The van der Waals surface area contributed by atoms with E-state index in [1.807, 2.05) is 17.8 Å². The lowest BCUT2D eigenvalue weighted by atomic mass is 10.0. The van der Waals surface area contributed by atoms with Gasteiger partial charge in [-0.25, -0.2) is 0 Å². The van der Waals surface area contributed by atoms with Crippen LogP contribution in [0.5, 0.6) is 0 Å². The van der Waals surface area contributed by atoms with Gasteiger partial charge in [-0.2, -0.15) is 0 Å². The number of hydrazine groups is 1. The summed E-state index contributed by atoms with van der Waals surface area (Å²) in [5, 5.41) is 0. The van der Waals surface area contributed by atoms with Gasteiger partial charge in [-0.05, 0) is 30.9 Å². The molecule has 1 atom stereocenters. The normalized spacial score (nSPS) is 13.0. The first-order valence-electron chi connectivity index (χ1n) is 5.86. The molecule has 1 rings (SSSR count). The Labute approximate surface area is 103 Å². The third-order valence-corrected chi connectivity index (χ3v) is 3.70. The van der Waals surface area contributed by atoms with E-state index in [0.29, 0.717) is 6.04 Å². The lowest BCUT2D eigenvalue weighted by Crippen LogP contribution is -2.37. The van der Waals surface area contributed by atoms with Crippen LogP contribution in [0.2, 0.25) is 0 Å². The van der Waals surface area contributed by atoms with Gasteiger partial charge in [-0.3, -0.25) is 11.3 Å². The topological polar surface area (TPSA) is 38.0 Å². The highest BCUT2D eigenvalue weighted by molar-refractivity contribution is 7.99. The van der Waals surface area contributed by atoms with Gasteiger partial charge >= 0.3 is 0 Å². The molecule has 3 heteroatoms. The van der Waals surface area contributed by atoms with Crippen molar-refractivity contribution in [3.8, 4) is 0 Å². The van der Waals surface area contributed by atoms with Crippen LogP contribution in [-0.4, -0.2) is 11.8 Å². The Balaban J connectivity index is 2.28. The lowest BCUT2D eigenvalue weighted by Gasteiger charge is -2.16. The standard InChI is InChI=1S/C13H22N2S/c1-11(2)8-9-12(15-14)10-16-13-6-4-3-5-7-13/h3-7,11-12,15H,8-10,14H2,1-2H3. The second kappa shape index (κ2) is 7.71. The van der Waals surface area contributed by atoms with Crippen LogP contribution in [0.15, 0.2) is 35.2 Å². The zero-order valence-corrected chi connectivity index (χ0v) is 11.0. The van der Waals surface area contributed by atoms with Gasteiger partial charge < -0.3 is 0 Å². The van der Waals surface area contributed by atoms with Gasteiger partial charge in [0.2, 0.25) is 0 Å². The molecule has 0 saturated carbocycles. The van der Waals surface area contributed by atoms with E-state index in [9.17, 15) is 0 Å². The number of hydrogen-bond donors (Lipinski definition) is 2. The molecule has 0 bridgehead atoms. The zero-order valence-electron chi connectivity index (χ0n) is 10.1. The molecule has 0 amide bonds. The van der Waals surface area contributed by atoms with Crippen molar-refractivity contribution in [2.45, 2.75) is 37.6 Å². The first-order valence-corrected chi connectivity index (χ1v) is 6.85. The molecule has 0 radical (unpaired) electrons. The number of thioether (sulfide) groups is 1. The average Bonchev–Trinajstić information content (AvgIpc) is 2.30. The monoisotopic (exact) mass is 238 g/mol. The summed E-state index contributed by atoms with van der Waals surface area (Å²) in [4.78, 5) is 1.31. The van der Waals surface area contributed by atoms with Gasteiger partial charge in [-0.1, -0.05) is 32.0 Å². The molecule has 3 N–H and O–H groups in total. The van der Waals surface area contributed by atoms with E-state index in [0.717, 1.165) is 18.1 Å². The van der Waals surface area contributed by atoms with Crippen LogP contribution in [-0.2, 0) is 0 Å². The minimum Gasteiger partial charge on any atom is -0.271 e. The van der Waals surface area contributed by atoms with Crippen molar-refractivity contribution in [3.05, 3.63) is 30.3 Å². The van der Waals surface area contributed by atoms with Crippen LogP contribution < -0.4 is 11.3 Å². The SMILES string of the molecule is CC(C)CCC(CSc1ccccc1)NN. The summed E-state index contributed by atoms with van der Waals surface area (Å²) < 4.78 is 0. The smallest absolute Gasteiger partial charge is 0.0304 e. The molecule has 0 fully saturated rings. The maximum absolute atomic E-state index is 5.56. The van der Waals surface area contributed by atoms with E-state index < -0.39 is 0 Å². The van der Waals surface area contributed by atoms with Crippen molar-refractivity contribution >= 4 is 11.8 Å². The molecule has 1 unspecified atom stereocenters. The van der Waals surface area contributed by atoms with Crippen LogP contribution in [0.3, 0.4) is 0 Å². The molecule has 0 saturated heterocycles. The summed E-state index contributed by atoms with van der Waals surface area (Å²) in [5.41, 5.74) is 2.91. The molecular formula is C13H22N2S. The van der Waals surface area contributed by atoms with Gasteiger partial charge in [0.1, 0.15) is 0 Å². The fourth-order valence-corrected chi connectivity index (χ4v) is 2.47. The van der Waals surface area contributed by atoms with Crippen molar-refractivity contribution in [1.82, 2.24) is 5.43 Å². The van der Waals surface area contributed by atoms with Gasteiger partial charge in [0, 0.05) is 16.7 Å². The molecule has 16 heavy (non-hydrogen) atoms. The highest BCUT2D eigenvalue weighted by Crippen LogP contribution is 2.19. The Morgan fingerprint density at radius 3 is 2.44 bits per heavy atom. The Hall–Kier alpha value is -0.510. The number of nitrogens with two attached hydrogens (primary N) is 1. The van der Waals surface area contributed by atoms with Crippen molar-refractivity contribution in [2.75, 3.05) is 5.75 Å². The van der Waals surface area contributed by atoms with E-state index in [4.69, 9.17) is 5.84 Å². The summed E-state index contributed by atoms with van der Waals surface area (Å²) in [6.45, 7) is 4.50. The summed E-state index contributed by atoms with van der Waals surface area (Å²) in [7, 11) is 0. The second-order valence-corrected chi connectivity index (χ2v) is 5.55. The lowest BCUT2D eigenvalue weighted by molar-refractivity contribution is 0.464. The minimum atomic E-state index is 0.410. The first kappa shape index (κ1) is 13.6. The molecule has 0 aliphatic heterocycles. The van der Waals surface area contributed by atoms with Crippen molar-refractivity contribution in [3.63, 3.8) is 0 Å². The Morgan fingerprint density at radius 1 is 1.19 bits per heavy atom. The number of benzene rings is 1. The Bertz CT molecular complexity index is 275. The molecule has 1 aromatic rings. The largest absolute Gasteiger partial charge is 0.271 e. The van der Waals surface area contributed by atoms with Gasteiger partial charge in [0.15, 0.2) is 0 Å². The van der Waals surface area contributed by atoms with Gasteiger partial charge in [-0.15, -0.1) is 11.8 Å². The van der Waals surface area contributed by atoms with Crippen LogP contribution >= 0.6 is 11.8 Å². The summed E-state index contributed by atoms with van der Waals surface area (Å²) in [6, 6.07) is 10.9. The molecule has 0 heterocycles. The molecule has 0 aromatic heterocycles. The van der Waals surface area contributed by atoms with Crippen LogP contribution in [0.25, 0.3) is 0 Å². The summed E-state index contributed by atoms with van der Waals surface area (Å²) in [5.74, 6) is 7.34. The van der Waals surface area contributed by atoms with Gasteiger partial charge in [0.05, 0.1) is 0 Å². The van der Waals surface area contributed by atoms with E-state index in [1.165, 1.54) is 11.3 Å². The van der Waals surface area contributed by atoms with Crippen molar-refractivity contribution in [1.29, 1.82) is 0 Å². The molecular weight excluding hydrogens is 216 g/mol. The Morgan fingerprint density at radius 2 is 1.88 bits per heavy atom. The van der Waals surface area contributed by atoms with Crippen LogP contribution in [0, 0.1) is 5.92 Å². The number of nitrogens with one attached hydrogen (secondary N) is 1. The third kappa shape index (κ3) is 5.54. The summed E-state index contributed by atoms with van der Waals surface area (Å²) >= 11 is 1.86. The fraction of sp³-hybridized carbons (Fsp3) is 0.538. The molecule has 0 aliphatic carbocycles. The van der Waals surface area contributed by atoms with E-state index in [-0.39, 0.29) is 0 Å². The maximum atomic E-state index is 5.56. The van der Waals surface area contributed by atoms with Crippen molar-refractivity contribution in [2.24, 2.45) is 11.8 Å². The van der Waals surface area contributed by atoms with Crippen LogP contribution in [0.1, 0.15) is 26.7 Å². The van der Waals surface area contributed by atoms with E-state index >= 15 is 0 Å². The highest BCUT2D eigenvalue weighted by Gasteiger charge is 2.08. The Kier molecular flexibility index (Phi) is 6.53. The molecule has 1 aromatic carbocycles. The van der Waals surface area contributed by atoms with Crippen LogP contribution in [0.4, 0.5) is 0 Å². The maximum Gasteiger partial charge on any atom is 0.0304 e. The summed E-state index contributed by atoms with van der Waals surface area (Å²) in [6.07, 6.45) is 2.37. The molecule has 0 aliphatic rings. The quantitative estimate of drug-likeness (QED) is 0.435. The number of rotatable bonds is 7. The van der Waals surface area contributed by atoms with E-state index in [2.05, 4.69) is 43.5 Å². The predicted molar refractivity (Wildman–Crippen MR) is 72.3 cm³/mol. The minimum absolute atomic E-state index is 0.410. The number of hydrogen-bond acceptors (Lipinski definition) is 3. The molecule has 90 valence electrons. The second-order valence-electron chi connectivity index (χ2n) is 4.46.